The summed E-state index contributed by atoms with van der Waals surface area (Å²) in [4.78, 5) is 59.2. The van der Waals surface area contributed by atoms with Crippen molar-refractivity contribution in [2.75, 3.05) is 12.3 Å². The number of nitrogens with two attached hydrogens (primary N) is 1. The second-order valence-corrected chi connectivity index (χ2v) is 11.3. The van der Waals surface area contributed by atoms with E-state index in [0.717, 1.165) is 44.9 Å². The topological polar surface area (TPSA) is 171 Å². The molecule has 0 unspecified atom stereocenters. The van der Waals surface area contributed by atoms with Crippen LogP contribution in [0.3, 0.4) is 0 Å². The molecule has 3 rings (SSSR count). The number of hydrogen-bond acceptors (Lipinski definition) is 9. The van der Waals surface area contributed by atoms with Crippen molar-refractivity contribution in [3.05, 3.63) is 20.8 Å². The number of aromatic amines is 2. The minimum Gasteiger partial charge on any atom is -0.463 e. The van der Waals surface area contributed by atoms with Crippen LogP contribution in [0.5, 0.6) is 0 Å². The van der Waals surface area contributed by atoms with E-state index in [9.17, 15) is 19.2 Å². The number of rotatable bonds is 20. The average Bonchev–Trinajstić information content (AvgIpc) is 3.50. The molecule has 0 aliphatic carbocycles. The number of aromatic nitrogens is 4. The number of carbonyl (C=O) groups excluding carboxylic acids is 2. The van der Waals surface area contributed by atoms with Gasteiger partial charge in [0.1, 0.15) is 25.0 Å². The van der Waals surface area contributed by atoms with E-state index in [2.05, 4.69) is 28.8 Å². The molecule has 0 radical (unpaired) electrons. The van der Waals surface area contributed by atoms with Crippen molar-refractivity contribution < 1.29 is 23.8 Å². The number of esters is 2. The molecule has 1 aliphatic rings. The molecule has 1 fully saturated rings. The Morgan fingerprint density at radius 3 is 2.07 bits per heavy atom. The van der Waals surface area contributed by atoms with Crippen LogP contribution in [0.25, 0.3) is 11.2 Å². The number of anilines is 1. The quantitative estimate of drug-likeness (QED) is 0.141. The van der Waals surface area contributed by atoms with Crippen molar-refractivity contribution in [1.82, 2.24) is 19.5 Å². The van der Waals surface area contributed by atoms with Gasteiger partial charge in [0, 0.05) is 19.3 Å². The molecular weight excluding hydrogens is 542 g/mol. The molecule has 3 heterocycles. The molecule has 42 heavy (non-hydrogen) atoms. The van der Waals surface area contributed by atoms with Crippen molar-refractivity contribution >= 4 is 29.1 Å². The molecule has 0 saturated carbocycles. The highest BCUT2D eigenvalue weighted by Crippen LogP contribution is 2.32. The predicted molar refractivity (Wildman–Crippen MR) is 160 cm³/mol. The zero-order valence-electron chi connectivity index (χ0n) is 25.3. The second kappa shape index (κ2) is 17.7. The number of unbranched alkanes of at least 4 members (excludes halogenated alkanes) is 12. The number of carbonyl (C=O) groups is 2. The molecule has 4 N–H and O–H groups in total. The molecular formula is C30H49N5O7. The van der Waals surface area contributed by atoms with Crippen LogP contribution < -0.4 is 17.0 Å². The Kier molecular flexibility index (Phi) is 14.1. The first-order valence-electron chi connectivity index (χ1n) is 15.8. The maximum atomic E-state index is 12.8. The molecule has 12 nitrogen and oxygen atoms in total. The highest BCUT2D eigenvalue weighted by Gasteiger charge is 2.41. The van der Waals surface area contributed by atoms with Gasteiger partial charge >= 0.3 is 17.6 Å². The summed E-state index contributed by atoms with van der Waals surface area (Å²) in [7, 11) is 0. The van der Waals surface area contributed by atoms with Gasteiger partial charge in [0.25, 0.3) is 5.56 Å². The highest BCUT2D eigenvalue weighted by molar-refractivity contribution is 5.71. The van der Waals surface area contributed by atoms with E-state index in [0.29, 0.717) is 6.42 Å². The van der Waals surface area contributed by atoms with Gasteiger partial charge in [-0.25, -0.2) is 9.36 Å². The Bertz CT molecular complexity index is 1240. The third-order valence-corrected chi connectivity index (χ3v) is 7.73. The summed E-state index contributed by atoms with van der Waals surface area (Å²) in [5, 5.41) is 0. The SMILES string of the molecule is CCCCCCCCCC(=O)OC[C@H]1O[C@@H](n2c(=O)[nH]c3c(=O)[nH]c(N)nc32)C[C@@H]1OC(=O)CCCCCCCCC. The van der Waals surface area contributed by atoms with Gasteiger partial charge < -0.3 is 19.9 Å². The molecule has 12 heteroatoms. The van der Waals surface area contributed by atoms with Crippen LogP contribution in [0.1, 0.15) is 129 Å². The van der Waals surface area contributed by atoms with E-state index in [1.54, 1.807) is 0 Å². The van der Waals surface area contributed by atoms with E-state index >= 15 is 0 Å². The lowest BCUT2D eigenvalue weighted by molar-refractivity contribution is -0.158. The summed E-state index contributed by atoms with van der Waals surface area (Å²) < 4.78 is 18.6. The van der Waals surface area contributed by atoms with Crippen molar-refractivity contribution in [2.24, 2.45) is 0 Å². The van der Waals surface area contributed by atoms with Gasteiger partial charge in [0.15, 0.2) is 11.2 Å². The molecule has 2 aromatic rings. The third-order valence-electron chi connectivity index (χ3n) is 7.73. The summed E-state index contributed by atoms with van der Waals surface area (Å²) in [5.41, 5.74) is 4.53. The zero-order valence-corrected chi connectivity index (χ0v) is 25.3. The summed E-state index contributed by atoms with van der Waals surface area (Å²) in [6, 6.07) is 0. The maximum Gasteiger partial charge on any atom is 0.329 e. The highest BCUT2D eigenvalue weighted by atomic mass is 16.6. The molecule has 1 aliphatic heterocycles. The lowest BCUT2D eigenvalue weighted by Crippen LogP contribution is -2.32. The molecule has 0 amide bonds. The Morgan fingerprint density at radius 1 is 0.881 bits per heavy atom. The van der Waals surface area contributed by atoms with Crippen LogP contribution in [-0.2, 0) is 23.8 Å². The van der Waals surface area contributed by atoms with Crippen molar-refractivity contribution in [3.8, 4) is 0 Å². The van der Waals surface area contributed by atoms with Crippen LogP contribution in [0.4, 0.5) is 5.95 Å². The largest absolute Gasteiger partial charge is 0.463 e. The Morgan fingerprint density at radius 2 is 1.45 bits per heavy atom. The van der Waals surface area contributed by atoms with Crippen LogP contribution in [-0.4, -0.2) is 50.3 Å². The lowest BCUT2D eigenvalue weighted by Gasteiger charge is -2.19. The number of ether oxygens (including phenoxy) is 3. The predicted octanol–water partition coefficient (Wildman–Crippen LogP) is 5.02. The fraction of sp³-hybridized carbons (Fsp3) is 0.767. The molecule has 3 atom stereocenters. The number of imidazole rings is 1. The van der Waals surface area contributed by atoms with Gasteiger partial charge in [-0.15, -0.1) is 0 Å². The van der Waals surface area contributed by atoms with Gasteiger partial charge in [-0.05, 0) is 12.8 Å². The Labute approximate surface area is 247 Å². The lowest BCUT2D eigenvalue weighted by atomic mass is 10.1. The Balaban J connectivity index is 1.59. The number of hydrogen-bond donors (Lipinski definition) is 3. The van der Waals surface area contributed by atoms with Gasteiger partial charge in [-0.3, -0.25) is 24.4 Å². The number of H-pyrrole nitrogens is 2. The fourth-order valence-electron chi connectivity index (χ4n) is 5.36. The summed E-state index contributed by atoms with van der Waals surface area (Å²) in [5.74, 6) is -0.844. The third kappa shape index (κ3) is 10.3. The van der Waals surface area contributed by atoms with E-state index in [1.807, 2.05) is 0 Å². The first-order valence-corrected chi connectivity index (χ1v) is 15.8. The molecule has 2 aromatic heterocycles. The normalized spacial score (nSPS) is 18.5. The van der Waals surface area contributed by atoms with Gasteiger partial charge in [0.05, 0.1) is 0 Å². The van der Waals surface area contributed by atoms with Gasteiger partial charge in [-0.2, -0.15) is 4.98 Å². The summed E-state index contributed by atoms with van der Waals surface area (Å²) >= 11 is 0. The number of fused-ring (bicyclic) bond motifs is 1. The molecule has 1 saturated heterocycles. The van der Waals surface area contributed by atoms with Crippen LogP contribution >= 0.6 is 0 Å². The first kappa shape index (κ1) is 33.4. The smallest absolute Gasteiger partial charge is 0.329 e. The van der Waals surface area contributed by atoms with Crippen molar-refractivity contribution in [2.45, 2.75) is 141 Å². The monoisotopic (exact) mass is 591 g/mol. The Hall–Kier alpha value is -3.15. The van der Waals surface area contributed by atoms with E-state index in [1.165, 1.54) is 49.5 Å². The standard InChI is InChI=1S/C30H49N5O7/c1-3-5-7-9-11-13-15-17-24(36)40-20-22-21(42-25(37)18-16-14-12-10-8-6-4-2)19-23(41-22)35-27-26(32-30(35)39)28(38)34-29(31)33-27/h21-23H,3-20H2,1-2H3,(H,32,39)(H3,31,33,34,38)/t21-,22+,23+/m0/s1. The van der Waals surface area contributed by atoms with Gasteiger partial charge in [-0.1, -0.05) is 90.9 Å². The second-order valence-electron chi connectivity index (χ2n) is 11.3. The molecule has 0 aromatic carbocycles. The first-order chi connectivity index (χ1) is 20.3. The minimum atomic E-state index is -0.900. The molecule has 0 bridgehead atoms. The van der Waals surface area contributed by atoms with E-state index < -0.39 is 29.7 Å². The van der Waals surface area contributed by atoms with E-state index in [-0.39, 0.29) is 48.5 Å². The average molecular weight is 592 g/mol. The number of nitrogen functional groups attached to an aromatic ring is 1. The maximum absolute atomic E-state index is 12.8. The van der Waals surface area contributed by atoms with Gasteiger partial charge in [0.2, 0.25) is 5.95 Å². The number of nitrogens with zero attached hydrogens (tertiary/aromatic N) is 2. The molecule has 236 valence electrons. The van der Waals surface area contributed by atoms with Crippen molar-refractivity contribution in [3.63, 3.8) is 0 Å². The fourth-order valence-corrected chi connectivity index (χ4v) is 5.36. The zero-order chi connectivity index (χ0) is 30.3. The van der Waals surface area contributed by atoms with Crippen LogP contribution in [0.15, 0.2) is 9.59 Å². The van der Waals surface area contributed by atoms with E-state index in [4.69, 9.17) is 19.9 Å². The van der Waals surface area contributed by atoms with Crippen molar-refractivity contribution in [1.29, 1.82) is 0 Å². The van der Waals surface area contributed by atoms with Crippen LogP contribution in [0, 0.1) is 0 Å². The molecule has 0 spiro atoms. The summed E-state index contributed by atoms with van der Waals surface area (Å²) in [6.07, 6.45) is 13.5. The minimum absolute atomic E-state index is 0.0325. The number of nitrogens with one attached hydrogen (secondary N) is 2. The summed E-state index contributed by atoms with van der Waals surface area (Å²) in [6.45, 7) is 4.24. The van der Waals surface area contributed by atoms with Crippen LogP contribution in [0.2, 0.25) is 0 Å².